The minimum atomic E-state index is -0.278. The number of hydrogen-bond acceptors (Lipinski definition) is 4. The Morgan fingerprint density at radius 1 is 1.50 bits per heavy atom. The van der Waals surface area contributed by atoms with Crippen LogP contribution < -0.4 is 5.32 Å². The average Bonchev–Trinajstić information content (AvgIpc) is 2.73. The number of nitrogens with one attached hydrogen (secondary N) is 1. The van der Waals surface area contributed by atoms with Gasteiger partial charge in [0.1, 0.15) is 6.04 Å². The number of aromatic nitrogens is 2. The molecule has 0 saturated heterocycles. The summed E-state index contributed by atoms with van der Waals surface area (Å²) in [6, 6.07) is 1.72. The molecule has 0 spiro atoms. The highest BCUT2D eigenvalue weighted by molar-refractivity contribution is 5.75. The monoisotopic (exact) mass is 253 g/mol. The Kier molecular flexibility index (Phi) is 5.34. The lowest BCUT2D eigenvalue weighted by molar-refractivity contribution is -0.143. The van der Waals surface area contributed by atoms with Crippen LogP contribution in [0.25, 0.3) is 0 Å². The summed E-state index contributed by atoms with van der Waals surface area (Å²) in [7, 11) is 3.31. The Labute approximate surface area is 109 Å². The van der Waals surface area contributed by atoms with Gasteiger partial charge >= 0.3 is 5.97 Å². The van der Waals surface area contributed by atoms with Gasteiger partial charge in [-0.3, -0.25) is 14.8 Å². The molecule has 5 nitrogen and oxygen atoms in total. The highest BCUT2D eigenvalue weighted by Gasteiger charge is 2.23. The predicted octanol–water partition coefficient (Wildman–Crippen LogP) is 1.66. The molecule has 102 valence electrons. The molecule has 0 amide bonds. The molecule has 0 fully saturated rings. The molecule has 1 N–H and O–H groups in total. The molecule has 0 bridgehead atoms. The first-order valence-corrected chi connectivity index (χ1v) is 6.27. The first kappa shape index (κ1) is 14.7. The van der Waals surface area contributed by atoms with E-state index < -0.39 is 0 Å². The van der Waals surface area contributed by atoms with Crippen LogP contribution in [0.4, 0.5) is 0 Å². The van der Waals surface area contributed by atoms with Crippen molar-refractivity contribution in [1.29, 1.82) is 0 Å². The summed E-state index contributed by atoms with van der Waals surface area (Å²) in [6.07, 6.45) is 2.51. The lowest BCUT2D eigenvalue weighted by atomic mass is 10.0. The molecule has 1 rings (SSSR count). The second-order valence-electron chi connectivity index (χ2n) is 4.97. The summed E-state index contributed by atoms with van der Waals surface area (Å²) in [5.41, 5.74) is 1.05. The van der Waals surface area contributed by atoms with Crippen molar-refractivity contribution in [3.05, 3.63) is 18.0 Å². The van der Waals surface area contributed by atoms with Gasteiger partial charge in [-0.1, -0.05) is 13.8 Å². The molecular weight excluding hydrogens is 230 g/mol. The lowest BCUT2D eigenvalue weighted by Gasteiger charge is -2.23. The van der Waals surface area contributed by atoms with Crippen LogP contribution >= 0.6 is 0 Å². The zero-order valence-corrected chi connectivity index (χ0v) is 11.8. The van der Waals surface area contributed by atoms with Gasteiger partial charge in [0.15, 0.2) is 0 Å². The number of ether oxygens (including phenoxy) is 1. The second-order valence-corrected chi connectivity index (χ2v) is 4.97. The predicted molar refractivity (Wildman–Crippen MR) is 70.0 cm³/mol. The van der Waals surface area contributed by atoms with Crippen molar-refractivity contribution >= 4 is 5.97 Å². The van der Waals surface area contributed by atoms with Gasteiger partial charge in [0.05, 0.1) is 12.8 Å². The van der Waals surface area contributed by atoms with E-state index in [1.54, 1.807) is 10.9 Å². The quantitative estimate of drug-likeness (QED) is 0.783. The van der Waals surface area contributed by atoms with Crippen molar-refractivity contribution < 1.29 is 9.53 Å². The summed E-state index contributed by atoms with van der Waals surface area (Å²) >= 11 is 0. The Hall–Kier alpha value is -1.36. The summed E-state index contributed by atoms with van der Waals surface area (Å²) in [6.45, 7) is 6.20. The molecule has 0 radical (unpaired) electrons. The molecule has 2 unspecified atom stereocenters. The van der Waals surface area contributed by atoms with Gasteiger partial charge in [0, 0.05) is 19.3 Å². The van der Waals surface area contributed by atoms with E-state index in [4.69, 9.17) is 4.74 Å². The summed E-state index contributed by atoms with van der Waals surface area (Å²) in [5, 5.41) is 7.44. The molecule has 0 aliphatic heterocycles. The van der Waals surface area contributed by atoms with E-state index in [9.17, 15) is 4.79 Å². The minimum absolute atomic E-state index is 0.0559. The molecule has 2 atom stereocenters. The number of hydrogen-bond donors (Lipinski definition) is 1. The van der Waals surface area contributed by atoms with E-state index in [2.05, 4.69) is 24.3 Å². The zero-order valence-electron chi connectivity index (χ0n) is 11.8. The lowest BCUT2D eigenvalue weighted by Crippen LogP contribution is -2.40. The van der Waals surface area contributed by atoms with E-state index in [0.717, 1.165) is 12.1 Å². The third-order valence-corrected chi connectivity index (χ3v) is 2.95. The summed E-state index contributed by atoms with van der Waals surface area (Å²) in [4.78, 5) is 11.7. The van der Waals surface area contributed by atoms with Gasteiger partial charge < -0.3 is 4.74 Å². The first-order chi connectivity index (χ1) is 8.45. The third-order valence-electron chi connectivity index (χ3n) is 2.95. The molecule has 0 aliphatic carbocycles. The fraction of sp³-hybridized carbons (Fsp3) is 0.692. The normalized spacial score (nSPS) is 14.6. The highest BCUT2D eigenvalue weighted by atomic mass is 16.5. The molecule has 1 aromatic rings. The number of methoxy groups -OCH3 is 1. The Morgan fingerprint density at radius 2 is 2.17 bits per heavy atom. The van der Waals surface area contributed by atoms with Crippen molar-refractivity contribution in [2.75, 3.05) is 7.11 Å². The molecule has 0 aliphatic rings. The van der Waals surface area contributed by atoms with Crippen molar-refractivity contribution in [3.8, 4) is 0 Å². The van der Waals surface area contributed by atoms with Crippen LogP contribution in [0.2, 0.25) is 0 Å². The Balaban J connectivity index is 2.71. The van der Waals surface area contributed by atoms with Gasteiger partial charge in [0.25, 0.3) is 0 Å². The second kappa shape index (κ2) is 6.54. The van der Waals surface area contributed by atoms with Crippen LogP contribution in [0.3, 0.4) is 0 Å². The van der Waals surface area contributed by atoms with Crippen molar-refractivity contribution in [1.82, 2.24) is 15.1 Å². The van der Waals surface area contributed by atoms with Crippen LogP contribution in [0.1, 0.15) is 38.9 Å². The number of aryl methyl sites for hydroxylation is 1. The fourth-order valence-corrected chi connectivity index (χ4v) is 2.04. The number of rotatable bonds is 6. The number of nitrogens with zero attached hydrogens (tertiary/aromatic N) is 2. The van der Waals surface area contributed by atoms with Crippen molar-refractivity contribution in [3.63, 3.8) is 0 Å². The van der Waals surface area contributed by atoms with E-state index in [1.807, 2.05) is 20.0 Å². The molecule has 1 heterocycles. The molecule has 1 aromatic heterocycles. The summed E-state index contributed by atoms with van der Waals surface area (Å²) < 4.78 is 6.64. The van der Waals surface area contributed by atoms with Crippen LogP contribution in [0.5, 0.6) is 0 Å². The maximum atomic E-state index is 11.7. The maximum Gasteiger partial charge on any atom is 0.322 e. The van der Waals surface area contributed by atoms with Crippen LogP contribution in [0, 0.1) is 5.92 Å². The average molecular weight is 253 g/mol. The van der Waals surface area contributed by atoms with Crippen molar-refractivity contribution in [2.45, 2.75) is 39.3 Å². The van der Waals surface area contributed by atoms with Gasteiger partial charge in [-0.05, 0) is 25.3 Å². The maximum absolute atomic E-state index is 11.7. The smallest absolute Gasteiger partial charge is 0.322 e. The molecular formula is C13H23N3O2. The van der Waals surface area contributed by atoms with Gasteiger partial charge in [0.2, 0.25) is 0 Å². The summed E-state index contributed by atoms with van der Waals surface area (Å²) in [5.74, 6) is 0.220. The molecule has 5 heteroatoms. The standard InChI is InChI=1S/C13H23N3O2/c1-9(2)8-11(13(17)18-5)15-10(3)12-6-7-14-16(12)4/h6-7,9-11,15H,8H2,1-5H3. The van der Waals surface area contributed by atoms with Crippen LogP contribution in [-0.4, -0.2) is 28.9 Å². The largest absolute Gasteiger partial charge is 0.468 e. The van der Waals surface area contributed by atoms with Gasteiger partial charge in [-0.25, -0.2) is 0 Å². The highest BCUT2D eigenvalue weighted by Crippen LogP contribution is 2.14. The number of esters is 1. The third kappa shape index (κ3) is 3.84. The Bertz CT molecular complexity index is 387. The van der Waals surface area contributed by atoms with Crippen LogP contribution in [0.15, 0.2) is 12.3 Å². The molecule has 0 aromatic carbocycles. The van der Waals surface area contributed by atoms with Gasteiger partial charge in [-0.2, -0.15) is 5.10 Å². The van der Waals surface area contributed by atoms with Gasteiger partial charge in [-0.15, -0.1) is 0 Å². The van der Waals surface area contributed by atoms with E-state index in [0.29, 0.717) is 5.92 Å². The van der Waals surface area contributed by atoms with E-state index in [-0.39, 0.29) is 18.1 Å². The molecule has 0 saturated carbocycles. The van der Waals surface area contributed by atoms with Crippen molar-refractivity contribution in [2.24, 2.45) is 13.0 Å². The van der Waals surface area contributed by atoms with Crippen LogP contribution in [-0.2, 0) is 16.6 Å². The Morgan fingerprint density at radius 3 is 2.61 bits per heavy atom. The van der Waals surface area contributed by atoms with E-state index >= 15 is 0 Å². The minimum Gasteiger partial charge on any atom is -0.468 e. The zero-order chi connectivity index (χ0) is 13.7. The number of carbonyl (C=O) groups excluding carboxylic acids is 1. The fourth-order valence-electron chi connectivity index (χ4n) is 2.04. The van der Waals surface area contributed by atoms with E-state index in [1.165, 1.54) is 7.11 Å². The molecule has 18 heavy (non-hydrogen) atoms. The first-order valence-electron chi connectivity index (χ1n) is 6.27. The number of carbonyl (C=O) groups is 1. The topological polar surface area (TPSA) is 56.1 Å². The SMILES string of the molecule is COC(=O)C(CC(C)C)NC(C)c1ccnn1C.